The number of nitrogens with zero attached hydrogens (tertiary/aromatic N) is 2. The van der Waals surface area contributed by atoms with Crippen LogP contribution in [0.5, 0.6) is 0 Å². The molecule has 192 valence electrons. The smallest absolute Gasteiger partial charge is 0.264 e. The van der Waals surface area contributed by atoms with Crippen molar-refractivity contribution < 1.29 is 18.3 Å². The minimum absolute atomic E-state index is 0.0323. The van der Waals surface area contributed by atoms with Gasteiger partial charge in [-0.05, 0) is 57.0 Å². The van der Waals surface area contributed by atoms with E-state index < -0.39 is 15.9 Å². The van der Waals surface area contributed by atoms with E-state index in [0.717, 1.165) is 42.8 Å². The van der Waals surface area contributed by atoms with Crippen LogP contribution in [0.3, 0.4) is 0 Å². The number of aliphatic hydroxyl groups excluding tert-OH is 1. The summed E-state index contributed by atoms with van der Waals surface area (Å²) in [6.45, 7) is 4.56. The summed E-state index contributed by atoms with van der Waals surface area (Å²) in [5.41, 5.74) is 0.709. The minimum Gasteiger partial charge on any atom is -0.390 e. The minimum atomic E-state index is -3.13. The van der Waals surface area contributed by atoms with E-state index >= 15 is 0 Å². The Balaban J connectivity index is 1.41. The predicted molar refractivity (Wildman–Crippen MR) is 136 cm³/mol. The highest BCUT2D eigenvalue weighted by Gasteiger charge is 2.41. The quantitative estimate of drug-likeness (QED) is 0.470. The standard InChI is InChI=1S/C25H36N4O5S/c1-16(2)29-23-7-5-4-6-17(23)10-22(25(29)32)24(31)27-18-11-19-8-9-20(12-18)28(19)14-21(30)13-26-15-35(3,33)34/h4-7,10,16,18-21,26,30H,8-9,11-15H2,1-3H3,(H,27,31)/t18?,19-,20?,21+/m0/s1. The van der Waals surface area contributed by atoms with Crippen LogP contribution in [0, 0.1) is 0 Å². The van der Waals surface area contributed by atoms with Gasteiger partial charge >= 0.3 is 0 Å². The van der Waals surface area contributed by atoms with Crippen LogP contribution in [0.1, 0.15) is 55.9 Å². The predicted octanol–water partition coefficient (Wildman–Crippen LogP) is 1.26. The summed E-state index contributed by atoms with van der Waals surface area (Å²) >= 11 is 0. The van der Waals surface area contributed by atoms with Crippen molar-refractivity contribution in [3.05, 3.63) is 46.2 Å². The van der Waals surface area contributed by atoms with Crippen LogP contribution < -0.4 is 16.2 Å². The highest BCUT2D eigenvalue weighted by Crippen LogP contribution is 2.35. The molecule has 4 rings (SSSR count). The second-order valence-electron chi connectivity index (χ2n) is 10.3. The van der Waals surface area contributed by atoms with Crippen molar-refractivity contribution in [1.82, 2.24) is 20.1 Å². The Morgan fingerprint density at radius 2 is 1.83 bits per heavy atom. The maximum atomic E-state index is 13.2. The molecule has 2 bridgehead atoms. The van der Waals surface area contributed by atoms with E-state index in [1.54, 1.807) is 10.6 Å². The van der Waals surface area contributed by atoms with Crippen molar-refractivity contribution in [3.63, 3.8) is 0 Å². The maximum Gasteiger partial charge on any atom is 0.264 e. The summed E-state index contributed by atoms with van der Waals surface area (Å²) in [6.07, 6.45) is 4.00. The molecule has 2 aliphatic heterocycles. The van der Waals surface area contributed by atoms with Crippen LogP contribution in [-0.4, -0.2) is 78.4 Å². The van der Waals surface area contributed by atoms with E-state index in [-0.39, 0.29) is 53.6 Å². The summed E-state index contributed by atoms with van der Waals surface area (Å²) in [4.78, 5) is 28.7. The highest BCUT2D eigenvalue weighted by atomic mass is 32.2. The number of sulfone groups is 1. The van der Waals surface area contributed by atoms with Gasteiger partial charge in [0, 0.05) is 43.5 Å². The number of hydrogen-bond donors (Lipinski definition) is 3. The Kier molecular flexibility index (Phi) is 7.65. The molecule has 1 aromatic heterocycles. The Morgan fingerprint density at radius 1 is 1.17 bits per heavy atom. The number of benzene rings is 1. The molecule has 10 heteroatoms. The monoisotopic (exact) mass is 504 g/mol. The number of amides is 1. The number of rotatable bonds is 9. The molecule has 0 aliphatic carbocycles. The molecule has 9 nitrogen and oxygen atoms in total. The molecule has 2 unspecified atom stereocenters. The fourth-order valence-electron chi connectivity index (χ4n) is 5.63. The van der Waals surface area contributed by atoms with Gasteiger partial charge in [-0.1, -0.05) is 18.2 Å². The van der Waals surface area contributed by atoms with Gasteiger partial charge in [-0.2, -0.15) is 0 Å². The number of hydrogen-bond acceptors (Lipinski definition) is 7. The second kappa shape index (κ2) is 10.4. The van der Waals surface area contributed by atoms with Crippen molar-refractivity contribution >= 4 is 26.6 Å². The zero-order valence-corrected chi connectivity index (χ0v) is 21.4. The number of pyridine rings is 1. The molecule has 2 aromatic rings. The number of aromatic nitrogens is 1. The molecule has 2 saturated heterocycles. The molecule has 2 aliphatic rings. The molecule has 2 fully saturated rings. The molecule has 35 heavy (non-hydrogen) atoms. The number of carbonyl (C=O) groups excluding carboxylic acids is 1. The third-order valence-electron chi connectivity index (χ3n) is 7.09. The van der Waals surface area contributed by atoms with Gasteiger partial charge in [0.15, 0.2) is 9.84 Å². The average molecular weight is 505 g/mol. The van der Waals surface area contributed by atoms with E-state index in [1.165, 1.54) is 0 Å². The molecule has 0 saturated carbocycles. The zero-order chi connectivity index (χ0) is 25.3. The molecule has 1 amide bonds. The highest BCUT2D eigenvalue weighted by molar-refractivity contribution is 7.90. The maximum absolute atomic E-state index is 13.2. The van der Waals surface area contributed by atoms with Crippen LogP contribution in [0.15, 0.2) is 35.1 Å². The number of carbonyl (C=O) groups is 1. The topological polar surface area (TPSA) is 121 Å². The summed E-state index contributed by atoms with van der Waals surface area (Å²) in [5.74, 6) is -0.490. The molecule has 0 radical (unpaired) electrons. The van der Waals surface area contributed by atoms with Crippen molar-refractivity contribution in [3.8, 4) is 0 Å². The third kappa shape index (κ3) is 5.94. The molecule has 3 heterocycles. The van der Waals surface area contributed by atoms with Gasteiger partial charge in [0.1, 0.15) is 5.56 Å². The van der Waals surface area contributed by atoms with Crippen molar-refractivity contribution in [2.45, 2.75) is 69.8 Å². The van der Waals surface area contributed by atoms with Gasteiger partial charge in [0.05, 0.1) is 17.5 Å². The number of fused-ring (bicyclic) bond motifs is 3. The largest absolute Gasteiger partial charge is 0.390 e. The Morgan fingerprint density at radius 3 is 2.46 bits per heavy atom. The molecule has 4 atom stereocenters. The van der Waals surface area contributed by atoms with E-state index in [4.69, 9.17) is 0 Å². The summed E-state index contributed by atoms with van der Waals surface area (Å²) in [5, 5.41) is 17.2. The van der Waals surface area contributed by atoms with E-state index in [9.17, 15) is 23.1 Å². The van der Waals surface area contributed by atoms with Crippen molar-refractivity contribution in [2.75, 3.05) is 25.2 Å². The van der Waals surface area contributed by atoms with Gasteiger partial charge in [-0.15, -0.1) is 0 Å². The molecular formula is C25H36N4O5S. The number of para-hydroxylation sites is 1. The van der Waals surface area contributed by atoms with E-state index in [0.29, 0.717) is 6.54 Å². The van der Waals surface area contributed by atoms with Crippen LogP contribution in [-0.2, 0) is 9.84 Å². The van der Waals surface area contributed by atoms with Gasteiger partial charge in [-0.25, -0.2) is 8.42 Å². The Hall–Kier alpha value is -2.27. The van der Waals surface area contributed by atoms with Crippen LogP contribution in [0.2, 0.25) is 0 Å². The van der Waals surface area contributed by atoms with Crippen LogP contribution in [0.25, 0.3) is 10.9 Å². The Labute approximate surface area is 206 Å². The van der Waals surface area contributed by atoms with Gasteiger partial charge in [-0.3, -0.25) is 14.5 Å². The van der Waals surface area contributed by atoms with Gasteiger partial charge in [0.2, 0.25) is 0 Å². The fourth-order valence-corrected chi connectivity index (χ4v) is 6.12. The molecule has 0 spiro atoms. The number of nitrogens with one attached hydrogen (secondary N) is 2. The van der Waals surface area contributed by atoms with E-state index in [2.05, 4.69) is 15.5 Å². The van der Waals surface area contributed by atoms with Crippen molar-refractivity contribution in [2.24, 2.45) is 0 Å². The second-order valence-corrected chi connectivity index (χ2v) is 12.4. The first kappa shape index (κ1) is 25.8. The first-order chi connectivity index (χ1) is 16.5. The lowest BCUT2D eigenvalue weighted by atomic mass is 9.96. The lowest BCUT2D eigenvalue weighted by Crippen LogP contribution is -2.53. The summed E-state index contributed by atoms with van der Waals surface area (Å²) in [7, 11) is -3.13. The molecular weight excluding hydrogens is 468 g/mol. The normalized spacial score (nSPS) is 23.6. The number of piperidine rings is 1. The molecule has 1 aromatic carbocycles. The first-order valence-electron chi connectivity index (χ1n) is 12.3. The van der Waals surface area contributed by atoms with Crippen LogP contribution >= 0.6 is 0 Å². The number of aliphatic hydroxyl groups is 1. The van der Waals surface area contributed by atoms with Gasteiger partial charge < -0.3 is 20.3 Å². The van der Waals surface area contributed by atoms with E-state index in [1.807, 2.05) is 38.1 Å². The summed E-state index contributed by atoms with van der Waals surface area (Å²) in [6, 6.07) is 9.68. The first-order valence-corrected chi connectivity index (χ1v) is 14.4. The average Bonchev–Trinajstić information content (AvgIpc) is 2.99. The SMILES string of the molecule is CC(C)n1c(=O)c(C(=O)NC2CC3CC[C@@H](C2)N3C[C@H](O)CNCS(C)(=O)=O)cc2ccccc21. The lowest BCUT2D eigenvalue weighted by Gasteiger charge is -2.40. The lowest BCUT2D eigenvalue weighted by molar-refractivity contribution is 0.0509. The Bertz CT molecular complexity index is 1230. The van der Waals surface area contributed by atoms with Gasteiger partial charge in [0.25, 0.3) is 11.5 Å². The van der Waals surface area contributed by atoms with Crippen molar-refractivity contribution in [1.29, 1.82) is 0 Å². The summed E-state index contributed by atoms with van der Waals surface area (Å²) < 4.78 is 24.2. The molecule has 3 N–H and O–H groups in total. The zero-order valence-electron chi connectivity index (χ0n) is 20.6. The fraction of sp³-hybridized carbons (Fsp3) is 0.600. The third-order valence-corrected chi connectivity index (χ3v) is 7.82. The van der Waals surface area contributed by atoms with Crippen LogP contribution in [0.4, 0.5) is 0 Å².